The fourth-order valence-corrected chi connectivity index (χ4v) is 5.74. The molecular formula is C41H42O2. The Morgan fingerprint density at radius 2 is 1.14 bits per heavy atom. The van der Waals surface area contributed by atoms with Crippen molar-refractivity contribution in [3.05, 3.63) is 143 Å². The molecule has 0 aliphatic carbocycles. The zero-order chi connectivity index (χ0) is 30.4. The number of hydrogen-bond donors (Lipinski definition) is 0. The topological polar surface area (TPSA) is 18.5 Å². The first kappa shape index (κ1) is 29.9. The van der Waals surface area contributed by atoms with E-state index in [4.69, 9.17) is 9.47 Å². The second kappa shape index (κ2) is 13.2. The number of rotatable bonds is 10. The van der Waals surface area contributed by atoms with Crippen molar-refractivity contribution in [2.24, 2.45) is 0 Å². The predicted octanol–water partition coefficient (Wildman–Crippen LogP) is 11.1. The van der Waals surface area contributed by atoms with Crippen molar-refractivity contribution in [3.8, 4) is 11.5 Å². The Kier molecular flexibility index (Phi) is 9.16. The molecule has 0 radical (unpaired) electrons. The second-order valence-electron chi connectivity index (χ2n) is 11.5. The Morgan fingerprint density at radius 1 is 0.605 bits per heavy atom. The minimum atomic E-state index is 0.193. The van der Waals surface area contributed by atoms with Crippen molar-refractivity contribution in [2.75, 3.05) is 14.2 Å². The Morgan fingerprint density at radius 3 is 1.72 bits per heavy atom. The number of ether oxygens (including phenoxy) is 2. The van der Waals surface area contributed by atoms with Gasteiger partial charge in [-0.25, -0.2) is 0 Å². The zero-order valence-corrected chi connectivity index (χ0v) is 26.3. The summed E-state index contributed by atoms with van der Waals surface area (Å²) in [6.45, 7) is 9.05. The van der Waals surface area contributed by atoms with Crippen molar-refractivity contribution in [1.29, 1.82) is 0 Å². The molecule has 0 saturated carbocycles. The Balaban J connectivity index is 1.62. The molecule has 0 aromatic heterocycles. The third-order valence-electron chi connectivity index (χ3n) is 8.98. The van der Waals surface area contributed by atoms with Crippen LogP contribution in [-0.2, 0) is 5.41 Å². The van der Waals surface area contributed by atoms with Gasteiger partial charge >= 0.3 is 0 Å². The fraction of sp³-hybridized carbons (Fsp3) is 0.220. The first-order chi connectivity index (χ1) is 20.9. The first-order valence-corrected chi connectivity index (χ1v) is 15.2. The van der Waals surface area contributed by atoms with E-state index in [1.165, 1.54) is 21.9 Å². The minimum Gasteiger partial charge on any atom is -0.496 e. The van der Waals surface area contributed by atoms with E-state index in [1.807, 2.05) is 6.07 Å². The highest BCUT2D eigenvalue weighted by Gasteiger charge is 2.22. The van der Waals surface area contributed by atoms with Crippen LogP contribution in [-0.4, -0.2) is 14.2 Å². The molecule has 0 heterocycles. The maximum Gasteiger partial charge on any atom is 0.126 e. The quantitative estimate of drug-likeness (QED) is 0.157. The lowest BCUT2D eigenvalue weighted by atomic mass is 9.77. The van der Waals surface area contributed by atoms with Gasteiger partial charge in [-0.1, -0.05) is 112 Å². The van der Waals surface area contributed by atoms with Gasteiger partial charge in [-0.05, 0) is 99.7 Å². The van der Waals surface area contributed by atoms with Crippen LogP contribution in [0.1, 0.15) is 73.9 Å². The summed E-state index contributed by atoms with van der Waals surface area (Å²) in [5.74, 6) is 1.60. The van der Waals surface area contributed by atoms with Crippen LogP contribution in [0.3, 0.4) is 0 Å². The molecule has 218 valence electrons. The van der Waals surface area contributed by atoms with E-state index in [1.54, 1.807) is 14.2 Å². The molecule has 0 spiro atoms. The number of benzene rings is 5. The largest absolute Gasteiger partial charge is 0.496 e. The summed E-state index contributed by atoms with van der Waals surface area (Å²) in [4.78, 5) is 0. The van der Waals surface area contributed by atoms with Gasteiger partial charge < -0.3 is 9.47 Å². The molecule has 0 N–H and O–H groups in total. The molecule has 2 nitrogen and oxygen atoms in total. The first-order valence-electron chi connectivity index (χ1n) is 15.2. The van der Waals surface area contributed by atoms with Gasteiger partial charge in [0.05, 0.1) is 14.2 Å². The van der Waals surface area contributed by atoms with Gasteiger partial charge in [0.15, 0.2) is 0 Å². The van der Waals surface area contributed by atoms with E-state index in [-0.39, 0.29) is 5.41 Å². The van der Waals surface area contributed by atoms with Crippen LogP contribution in [0.15, 0.2) is 109 Å². The van der Waals surface area contributed by atoms with E-state index in [9.17, 15) is 0 Å². The Labute approximate surface area is 257 Å². The predicted molar refractivity (Wildman–Crippen MR) is 185 cm³/mol. The maximum atomic E-state index is 5.95. The normalized spacial score (nSPS) is 12.4. The van der Waals surface area contributed by atoms with E-state index in [0.717, 1.165) is 57.7 Å². The number of allylic oxidation sites excluding steroid dienone is 1. The molecule has 0 atom stereocenters. The molecule has 5 rings (SSSR count). The van der Waals surface area contributed by atoms with Crippen LogP contribution >= 0.6 is 0 Å². The van der Waals surface area contributed by atoms with Gasteiger partial charge in [0.1, 0.15) is 11.5 Å². The highest BCUT2D eigenvalue weighted by atomic mass is 16.5. The van der Waals surface area contributed by atoms with Crippen LogP contribution in [0.4, 0.5) is 0 Å². The van der Waals surface area contributed by atoms with Crippen LogP contribution in [0, 0.1) is 0 Å². The standard InChI is InChI=1S/C41H42O2/c1-7-41(4,8-2)37-22-21-32-24-34(20-19-33(32)25-37)38(31-17-13-10-14-18-31)26-36-28-39(42-5)35(27-40(36)43-6)23-29(3)30-15-11-9-12-16-30/h9-28H,7-8H2,1-6H3. The molecule has 0 fully saturated rings. The maximum absolute atomic E-state index is 5.95. The molecule has 0 saturated heterocycles. The highest BCUT2D eigenvalue weighted by Crippen LogP contribution is 2.37. The van der Waals surface area contributed by atoms with Gasteiger partial charge in [0.2, 0.25) is 0 Å². The number of hydrogen-bond acceptors (Lipinski definition) is 2. The summed E-state index contributed by atoms with van der Waals surface area (Å²) >= 11 is 0. The van der Waals surface area contributed by atoms with Crippen LogP contribution < -0.4 is 9.47 Å². The monoisotopic (exact) mass is 566 g/mol. The molecule has 5 aromatic rings. The third kappa shape index (κ3) is 6.44. The summed E-state index contributed by atoms with van der Waals surface area (Å²) in [5, 5.41) is 2.50. The third-order valence-corrected chi connectivity index (χ3v) is 8.98. The molecule has 2 heteroatoms. The Hall–Kier alpha value is -4.56. The summed E-state index contributed by atoms with van der Waals surface area (Å²) < 4.78 is 11.9. The van der Waals surface area contributed by atoms with Crippen molar-refractivity contribution >= 4 is 34.1 Å². The van der Waals surface area contributed by atoms with E-state index in [2.05, 4.69) is 143 Å². The molecule has 0 amide bonds. The molecular weight excluding hydrogens is 524 g/mol. The lowest BCUT2D eigenvalue weighted by Crippen LogP contribution is -2.19. The van der Waals surface area contributed by atoms with Crippen molar-refractivity contribution in [3.63, 3.8) is 0 Å². The smallest absolute Gasteiger partial charge is 0.126 e. The van der Waals surface area contributed by atoms with Gasteiger partial charge in [-0.2, -0.15) is 0 Å². The fourth-order valence-electron chi connectivity index (χ4n) is 5.74. The lowest BCUT2D eigenvalue weighted by Gasteiger charge is -2.27. The lowest BCUT2D eigenvalue weighted by molar-refractivity contribution is 0.401. The van der Waals surface area contributed by atoms with Gasteiger partial charge in [0, 0.05) is 11.1 Å². The van der Waals surface area contributed by atoms with E-state index in [0.29, 0.717) is 0 Å². The molecule has 0 aliphatic rings. The number of fused-ring (bicyclic) bond motifs is 1. The summed E-state index contributed by atoms with van der Waals surface area (Å²) in [7, 11) is 3.45. The van der Waals surface area contributed by atoms with E-state index >= 15 is 0 Å². The summed E-state index contributed by atoms with van der Waals surface area (Å²) in [6, 6.07) is 38.9. The van der Waals surface area contributed by atoms with Crippen LogP contribution in [0.25, 0.3) is 34.1 Å². The van der Waals surface area contributed by atoms with Gasteiger partial charge in [-0.3, -0.25) is 0 Å². The van der Waals surface area contributed by atoms with Gasteiger partial charge in [-0.15, -0.1) is 0 Å². The second-order valence-corrected chi connectivity index (χ2v) is 11.5. The van der Waals surface area contributed by atoms with E-state index < -0.39 is 0 Å². The number of methoxy groups -OCH3 is 2. The van der Waals surface area contributed by atoms with Crippen LogP contribution in [0.5, 0.6) is 11.5 Å². The minimum absolute atomic E-state index is 0.193. The zero-order valence-electron chi connectivity index (χ0n) is 26.3. The van der Waals surface area contributed by atoms with Crippen molar-refractivity contribution in [2.45, 2.75) is 46.0 Å². The summed E-state index contributed by atoms with van der Waals surface area (Å²) in [6.07, 6.45) is 6.62. The average Bonchev–Trinajstić information content (AvgIpc) is 3.07. The molecule has 43 heavy (non-hydrogen) atoms. The SMILES string of the molecule is CCC(C)(CC)c1ccc2cc(C(=Cc3cc(OC)c(C=C(C)c4ccccc4)cc3OC)c3ccccc3)ccc2c1. The van der Waals surface area contributed by atoms with Crippen LogP contribution in [0.2, 0.25) is 0 Å². The van der Waals surface area contributed by atoms with Gasteiger partial charge in [0.25, 0.3) is 0 Å². The molecule has 0 unspecified atom stereocenters. The van der Waals surface area contributed by atoms with Crippen molar-refractivity contribution < 1.29 is 9.47 Å². The Bertz CT molecular complexity index is 1760. The molecule has 0 aliphatic heterocycles. The summed E-state index contributed by atoms with van der Waals surface area (Å²) in [5.41, 5.74) is 9.31. The molecule has 0 bridgehead atoms. The molecule has 5 aromatic carbocycles. The average molecular weight is 567 g/mol. The highest BCUT2D eigenvalue weighted by molar-refractivity contribution is 5.96. The van der Waals surface area contributed by atoms with Crippen molar-refractivity contribution in [1.82, 2.24) is 0 Å².